The minimum Gasteiger partial charge on any atom is -0.393 e. The van der Waals surface area contributed by atoms with Crippen molar-refractivity contribution in [2.75, 3.05) is 7.05 Å². The second-order valence-corrected chi connectivity index (χ2v) is 8.22. The highest BCUT2D eigenvalue weighted by Crippen LogP contribution is 2.37. The average Bonchev–Trinajstić information content (AvgIpc) is 3.41. The van der Waals surface area contributed by atoms with Crippen LogP contribution in [-0.2, 0) is 6.54 Å². The minimum atomic E-state index is -0.441. The van der Waals surface area contributed by atoms with Crippen molar-refractivity contribution in [2.24, 2.45) is 5.92 Å². The predicted molar refractivity (Wildman–Crippen MR) is 121 cm³/mol. The van der Waals surface area contributed by atoms with Gasteiger partial charge in [0.05, 0.1) is 0 Å². The van der Waals surface area contributed by atoms with E-state index < -0.39 is 11.7 Å². The van der Waals surface area contributed by atoms with Gasteiger partial charge in [-0.1, -0.05) is 6.92 Å². The molecule has 1 aliphatic carbocycles. The zero-order chi connectivity index (χ0) is 22.7. The van der Waals surface area contributed by atoms with Gasteiger partial charge in [0.1, 0.15) is 23.5 Å². The minimum absolute atomic E-state index is 0.112. The lowest BCUT2D eigenvalue weighted by Gasteiger charge is -2.09. The van der Waals surface area contributed by atoms with Crippen LogP contribution in [0.2, 0.25) is 0 Å². The smallest absolute Gasteiger partial charge is 0.272 e. The molecular formula is C23H26FN7O. The summed E-state index contributed by atoms with van der Waals surface area (Å²) in [5.41, 5.74) is 2.86. The van der Waals surface area contributed by atoms with Crippen LogP contribution in [0.15, 0.2) is 30.7 Å². The molecule has 1 saturated carbocycles. The van der Waals surface area contributed by atoms with Gasteiger partial charge in [-0.15, -0.1) is 0 Å². The molecular weight excluding hydrogens is 409 g/mol. The van der Waals surface area contributed by atoms with Gasteiger partial charge in [0.25, 0.3) is 5.91 Å². The third-order valence-electron chi connectivity index (χ3n) is 5.80. The Morgan fingerprint density at radius 3 is 2.88 bits per heavy atom. The van der Waals surface area contributed by atoms with Crippen molar-refractivity contribution in [1.29, 1.82) is 5.41 Å². The first kappa shape index (κ1) is 21.6. The fourth-order valence-corrected chi connectivity index (χ4v) is 4.22. The molecule has 0 spiro atoms. The van der Waals surface area contributed by atoms with Gasteiger partial charge in [-0.05, 0) is 54.5 Å². The van der Waals surface area contributed by atoms with E-state index in [1.54, 1.807) is 19.3 Å². The third-order valence-corrected chi connectivity index (χ3v) is 5.80. The number of aromatic amines is 1. The van der Waals surface area contributed by atoms with Crippen molar-refractivity contribution in [2.45, 2.75) is 38.6 Å². The molecule has 8 nitrogen and oxygen atoms in total. The Morgan fingerprint density at radius 1 is 1.31 bits per heavy atom. The van der Waals surface area contributed by atoms with Crippen LogP contribution in [0.4, 0.5) is 4.39 Å². The molecule has 2 heterocycles. The summed E-state index contributed by atoms with van der Waals surface area (Å²) >= 11 is 0. The summed E-state index contributed by atoms with van der Waals surface area (Å²) < 4.78 is 14.1. The first-order chi connectivity index (χ1) is 15.5. The van der Waals surface area contributed by atoms with Crippen LogP contribution in [-0.4, -0.2) is 39.1 Å². The Hall–Kier alpha value is -3.62. The van der Waals surface area contributed by atoms with E-state index in [9.17, 15) is 9.18 Å². The van der Waals surface area contributed by atoms with E-state index in [1.807, 2.05) is 0 Å². The molecule has 4 N–H and O–H groups in total. The van der Waals surface area contributed by atoms with Gasteiger partial charge in [-0.2, -0.15) is 0 Å². The van der Waals surface area contributed by atoms with Crippen LogP contribution >= 0.6 is 0 Å². The monoisotopic (exact) mass is 435 g/mol. The number of imidazole rings is 1. The molecule has 32 heavy (non-hydrogen) atoms. The number of nitrogens with zero attached hydrogens (tertiary/aromatic N) is 3. The zero-order valence-corrected chi connectivity index (χ0v) is 18.1. The molecule has 2 aromatic heterocycles. The van der Waals surface area contributed by atoms with Crippen LogP contribution in [0.3, 0.4) is 0 Å². The first-order valence-corrected chi connectivity index (χ1v) is 10.6. The maximum atomic E-state index is 14.1. The number of rotatable bonds is 7. The van der Waals surface area contributed by atoms with Gasteiger partial charge in [0.15, 0.2) is 11.3 Å². The summed E-state index contributed by atoms with van der Waals surface area (Å²) in [6, 6.07) is 4.45. The Kier molecular flexibility index (Phi) is 6.25. The number of H-pyrrole nitrogens is 1. The summed E-state index contributed by atoms with van der Waals surface area (Å²) in [5, 5.41) is 13.2. The quantitative estimate of drug-likeness (QED) is 0.423. The molecule has 2 unspecified atom stereocenters. The predicted octanol–water partition coefficient (Wildman–Crippen LogP) is 3.54. The van der Waals surface area contributed by atoms with E-state index in [0.29, 0.717) is 39.7 Å². The number of halogens is 1. The van der Waals surface area contributed by atoms with Gasteiger partial charge < -0.3 is 21.0 Å². The van der Waals surface area contributed by atoms with Gasteiger partial charge >= 0.3 is 0 Å². The Labute approximate surface area is 185 Å². The topological polar surface area (TPSA) is 119 Å². The van der Waals surface area contributed by atoms with Crippen molar-refractivity contribution >= 4 is 28.9 Å². The normalized spacial score (nSPS) is 18.7. The lowest BCUT2D eigenvalue weighted by Crippen LogP contribution is -2.24. The van der Waals surface area contributed by atoms with Crippen molar-refractivity contribution in [3.63, 3.8) is 0 Å². The number of fused-ring (bicyclic) bond motifs is 1. The van der Waals surface area contributed by atoms with Crippen molar-refractivity contribution in [3.8, 4) is 0 Å². The van der Waals surface area contributed by atoms with E-state index >= 15 is 0 Å². The van der Waals surface area contributed by atoms with Crippen LogP contribution in [0.5, 0.6) is 0 Å². The Balaban J connectivity index is 1.53. The van der Waals surface area contributed by atoms with Crippen LogP contribution in [0.25, 0.3) is 16.7 Å². The number of hydrogen-bond acceptors (Lipinski definition) is 6. The number of hydrogen-bond donors (Lipinski definition) is 4. The van der Waals surface area contributed by atoms with Gasteiger partial charge in [0.2, 0.25) is 0 Å². The molecule has 1 amide bonds. The molecule has 1 aromatic carbocycles. The largest absolute Gasteiger partial charge is 0.393 e. The molecule has 0 saturated heterocycles. The van der Waals surface area contributed by atoms with Gasteiger partial charge in [-0.3, -0.25) is 4.79 Å². The molecule has 9 heteroatoms. The molecule has 0 radical (unpaired) electrons. The second kappa shape index (κ2) is 9.25. The number of carbonyl (C=O) groups excluding carboxylic acids is 1. The van der Waals surface area contributed by atoms with E-state index in [2.05, 4.69) is 37.5 Å². The SMILES string of the molecule is CN/C=C(\C=N)c1cc(F)cc(CNC(=O)c2ncnc3nc(C4CCC(C)C4)[nH]c23)c1. The van der Waals surface area contributed by atoms with Crippen LogP contribution in [0, 0.1) is 17.1 Å². The number of carbonyl (C=O) groups is 1. The van der Waals surface area contributed by atoms with E-state index in [-0.39, 0.29) is 12.2 Å². The summed E-state index contributed by atoms with van der Waals surface area (Å²) in [6.45, 7) is 2.35. The fraction of sp³-hybridized carbons (Fsp3) is 0.348. The molecule has 0 bridgehead atoms. The first-order valence-electron chi connectivity index (χ1n) is 10.6. The second-order valence-electron chi connectivity index (χ2n) is 8.22. The highest BCUT2D eigenvalue weighted by atomic mass is 19.1. The highest BCUT2D eigenvalue weighted by molar-refractivity contribution is 6.08. The molecule has 166 valence electrons. The van der Waals surface area contributed by atoms with E-state index in [1.165, 1.54) is 24.9 Å². The van der Waals surface area contributed by atoms with Crippen molar-refractivity contribution < 1.29 is 9.18 Å². The van der Waals surface area contributed by atoms with Crippen LogP contribution in [0.1, 0.15) is 59.5 Å². The maximum absolute atomic E-state index is 14.1. The van der Waals surface area contributed by atoms with E-state index in [0.717, 1.165) is 24.9 Å². The van der Waals surface area contributed by atoms with Crippen molar-refractivity contribution in [1.82, 2.24) is 30.6 Å². The van der Waals surface area contributed by atoms with Crippen LogP contribution < -0.4 is 10.6 Å². The Morgan fingerprint density at radius 2 is 2.16 bits per heavy atom. The molecule has 1 fully saturated rings. The molecule has 2 atom stereocenters. The number of amides is 1. The number of allylic oxidation sites excluding steroid dienone is 1. The molecule has 3 aromatic rings. The zero-order valence-electron chi connectivity index (χ0n) is 18.1. The highest BCUT2D eigenvalue weighted by Gasteiger charge is 2.26. The lowest BCUT2D eigenvalue weighted by atomic mass is 10.0. The average molecular weight is 436 g/mol. The lowest BCUT2D eigenvalue weighted by molar-refractivity contribution is 0.0947. The number of benzene rings is 1. The van der Waals surface area contributed by atoms with Gasteiger partial charge in [-0.25, -0.2) is 19.3 Å². The van der Waals surface area contributed by atoms with Crippen molar-refractivity contribution in [3.05, 3.63) is 59.2 Å². The summed E-state index contributed by atoms with van der Waals surface area (Å²) in [4.78, 5) is 29.1. The summed E-state index contributed by atoms with van der Waals surface area (Å²) in [6.07, 6.45) is 7.39. The molecule has 4 rings (SSSR count). The summed E-state index contributed by atoms with van der Waals surface area (Å²) in [7, 11) is 1.71. The molecule has 0 aliphatic heterocycles. The van der Waals surface area contributed by atoms with E-state index in [4.69, 9.17) is 5.41 Å². The number of nitrogens with one attached hydrogen (secondary N) is 4. The fourth-order valence-electron chi connectivity index (χ4n) is 4.22. The standard InChI is InChI=1S/C23H26FN7O/c1-13-3-4-15(5-13)21-30-19-20(28-12-29-22(19)31-21)23(32)27-10-14-6-16(8-18(24)7-14)17(9-25)11-26-2/h6-9,11-13,15,25-26H,3-5,10H2,1-2H3,(H,27,32)(H,28,29,30,31)/b17-11+,25-9?. The molecule has 1 aliphatic rings. The maximum Gasteiger partial charge on any atom is 0.272 e. The van der Waals surface area contributed by atoms with Gasteiger partial charge in [0, 0.05) is 37.5 Å². The Bertz CT molecular complexity index is 1190. The summed E-state index contributed by atoms with van der Waals surface area (Å²) in [5.74, 6) is 1.02. The number of aromatic nitrogens is 4. The third kappa shape index (κ3) is 4.51.